The largest absolute Gasteiger partial charge is 0.393 e. The van der Waals surface area contributed by atoms with Crippen molar-refractivity contribution in [2.24, 2.45) is 5.92 Å². The maximum Gasteiger partial charge on any atom is 0.338 e. The molecular formula is C16H20O6. The Kier molecular flexibility index (Phi) is 7.81. The van der Waals surface area contributed by atoms with Gasteiger partial charge in [-0.1, -0.05) is 38.3 Å². The van der Waals surface area contributed by atoms with Crippen LogP contribution in [0.1, 0.15) is 45.4 Å². The Balaban J connectivity index is 0.000000287. The lowest BCUT2D eigenvalue weighted by molar-refractivity contribution is -0.153. The molecule has 6 nitrogen and oxygen atoms in total. The zero-order chi connectivity index (χ0) is 16.4. The van der Waals surface area contributed by atoms with E-state index in [2.05, 4.69) is 16.4 Å². The van der Waals surface area contributed by atoms with Gasteiger partial charge in [0.15, 0.2) is 0 Å². The Morgan fingerprint density at radius 2 is 1.73 bits per heavy atom. The summed E-state index contributed by atoms with van der Waals surface area (Å²) in [7, 11) is 0. The molecule has 2 aliphatic rings. The second-order valence-electron chi connectivity index (χ2n) is 4.95. The van der Waals surface area contributed by atoms with Crippen LogP contribution in [0.3, 0.4) is 0 Å². The first kappa shape index (κ1) is 17.8. The molecule has 6 heteroatoms. The molecule has 22 heavy (non-hydrogen) atoms. The molecule has 2 heterocycles. The lowest BCUT2D eigenvalue weighted by Gasteiger charge is -1.96. The molecule has 2 aliphatic heterocycles. The molecular weight excluding hydrogens is 288 g/mol. The molecule has 1 saturated heterocycles. The summed E-state index contributed by atoms with van der Waals surface area (Å²) in [6.07, 6.45) is 12.0. The Hall–Kier alpha value is -2.24. The number of ether oxygens (including phenoxy) is 2. The van der Waals surface area contributed by atoms with Crippen molar-refractivity contribution in [1.29, 1.82) is 0 Å². The monoisotopic (exact) mass is 308 g/mol. The molecule has 0 radical (unpaired) electrons. The maximum absolute atomic E-state index is 11.1. The summed E-state index contributed by atoms with van der Waals surface area (Å²) in [5, 5.41) is 0. The van der Waals surface area contributed by atoms with Crippen LogP contribution in [-0.2, 0) is 28.7 Å². The highest BCUT2D eigenvalue weighted by atomic mass is 16.6. The molecule has 120 valence electrons. The number of rotatable bonds is 6. The van der Waals surface area contributed by atoms with Gasteiger partial charge in [0, 0.05) is 12.2 Å². The van der Waals surface area contributed by atoms with Crippen molar-refractivity contribution >= 4 is 23.9 Å². The van der Waals surface area contributed by atoms with E-state index in [4.69, 9.17) is 0 Å². The molecule has 1 fully saturated rings. The van der Waals surface area contributed by atoms with Gasteiger partial charge in [0.05, 0.1) is 12.3 Å². The van der Waals surface area contributed by atoms with Gasteiger partial charge in [-0.25, -0.2) is 9.59 Å². The number of hydrogen-bond acceptors (Lipinski definition) is 6. The maximum atomic E-state index is 11.1. The molecule has 0 amide bonds. The molecule has 0 aromatic heterocycles. The zero-order valence-electron chi connectivity index (χ0n) is 12.6. The Bertz CT molecular complexity index is 473. The normalized spacial score (nSPS) is 20.1. The van der Waals surface area contributed by atoms with Crippen molar-refractivity contribution in [1.82, 2.24) is 0 Å². The first-order chi connectivity index (χ1) is 10.5. The summed E-state index contributed by atoms with van der Waals surface area (Å²) >= 11 is 0. The lowest BCUT2D eigenvalue weighted by Crippen LogP contribution is -2.03. The van der Waals surface area contributed by atoms with Crippen LogP contribution in [0.15, 0.2) is 24.3 Å². The third-order valence-electron chi connectivity index (χ3n) is 3.05. The number of cyclic esters (lactones) is 4. The number of carbonyl (C=O) groups excluding carboxylic acids is 4. The summed E-state index contributed by atoms with van der Waals surface area (Å²) in [5.41, 5.74) is 0. The molecule has 1 unspecified atom stereocenters. The van der Waals surface area contributed by atoms with E-state index in [1.807, 2.05) is 6.08 Å². The number of allylic oxidation sites excluding steroid dienone is 1. The first-order valence-electron chi connectivity index (χ1n) is 7.38. The van der Waals surface area contributed by atoms with E-state index in [1.54, 1.807) is 6.08 Å². The van der Waals surface area contributed by atoms with E-state index in [0.717, 1.165) is 25.0 Å². The lowest BCUT2D eigenvalue weighted by atomic mass is 10.1. The summed E-state index contributed by atoms with van der Waals surface area (Å²) < 4.78 is 8.41. The highest BCUT2D eigenvalue weighted by Crippen LogP contribution is 2.17. The minimum Gasteiger partial charge on any atom is -0.393 e. The predicted molar refractivity (Wildman–Crippen MR) is 77.3 cm³/mol. The van der Waals surface area contributed by atoms with E-state index < -0.39 is 23.9 Å². The van der Waals surface area contributed by atoms with E-state index in [9.17, 15) is 19.2 Å². The van der Waals surface area contributed by atoms with Gasteiger partial charge in [0.25, 0.3) is 0 Å². The Labute approximate surface area is 129 Å². The van der Waals surface area contributed by atoms with Crippen LogP contribution in [0.4, 0.5) is 0 Å². The van der Waals surface area contributed by atoms with E-state index >= 15 is 0 Å². The van der Waals surface area contributed by atoms with Gasteiger partial charge in [0.1, 0.15) is 0 Å². The Morgan fingerprint density at radius 3 is 2.18 bits per heavy atom. The third kappa shape index (κ3) is 6.97. The van der Waals surface area contributed by atoms with Crippen LogP contribution < -0.4 is 0 Å². The van der Waals surface area contributed by atoms with Crippen LogP contribution in [0.25, 0.3) is 0 Å². The van der Waals surface area contributed by atoms with Crippen LogP contribution in [0.5, 0.6) is 0 Å². The fourth-order valence-corrected chi connectivity index (χ4v) is 1.89. The molecule has 0 aliphatic carbocycles. The quantitative estimate of drug-likeness (QED) is 0.324. The highest BCUT2D eigenvalue weighted by molar-refractivity contribution is 6.04. The van der Waals surface area contributed by atoms with Gasteiger partial charge in [-0.15, -0.1) is 0 Å². The van der Waals surface area contributed by atoms with Gasteiger partial charge < -0.3 is 9.47 Å². The van der Waals surface area contributed by atoms with Crippen LogP contribution in [-0.4, -0.2) is 23.9 Å². The predicted octanol–water partition coefficient (Wildman–Crippen LogP) is 2.23. The standard InChI is InChI=1S/C12H18O3.C4H2O3/c1-2-3-4-5-6-7-8-10-9-11(13)15-12(10)14;5-3-1-2-4(6)7-3/h7-8,10H,2-6,9H2,1H3;1-2H. The summed E-state index contributed by atoms with van der Waals surface area (Å²) in [6, 6.07) is 0. The van der Waals surface area contributed by atoms with E-state index in [0.29, 0.717) is 0 Å². The van der Waals surface area contributed by atoms with Gasteiger partial charge in [-0.2, -0.15) is 0 Å². The molecule has 0 saturated carbocycles. The molecule has 1 atom stereocenters. The first-order valence-corrected chi connectivity index (χ1v) is 7.38. The number of esters is 4. The van der Waals surface area contributed by atoms with E-state index in [1.165, 1.54) is 19.3 Å². The molecule has 0 aromatic carbocycles. The van der Waals surface area contributed by atoms with E-state index in [-0.39, 0.29) is 12.3 Å². The fourth-order valence-electron chi connectivity index (χ4n) is 1.89. The number of carbonyl (C=O) groups is 4. The molecule has 0 spiro atoms. The van der Waals surface area contributed by atoms with Crippen LogP contribution in [0, 0.1) is 5.92 Å². The number of hydrogen-bond donors (Lipinski definition) is 0. The second kappa shape index (κ2) is 9.65. The van der Waals surface area contributed by atoms with Gasteiger partial charge in [-0.05, 0) is 12.8 Å². The van der Waals surface area contributed by atoms with Crippen LogP contribution >= 0.6 is 0 Å². The molecule has 2 rings (SSSR count). The van der Waals surface area contributed by atoms with Gasteiger partial charge in [0.2, 0.25) is 0 Å². The van der Waals surface area contributed by atoms with Gasteiger partial charge >= 0.3 is 23.9 Å². The second-order valence-corrected chi connectivity index (χ2v) is 4.95. The van der Waals surface area contributed by atoms with Crippen molar-refractivity contribution in [3.05, 3.63) is 24.3 Å². The Morgan fingerprint density at radius 1 is 1.05 bits per heavy atom. The highest BCUT2D eigenvalue weighted by Gasteiger charge is 2.30. The van der Waals surface area contributed by atoms with Crippen molar-refractivity contribution < 1.29 is 28.7 Å². The average Bonchev–Trinajstić information content (AvgIpc) is 2.99. The topological polar surface area (TPSA) is 86.7 Å². The van der Waals surface area contributed by atoms with Crippen LogP contribution in [0.2, 0.25) is 0 Å². The van der Waals surface area contributed by atoms with Crippen molar-refractivity contribution in [3.8, 4) is 0 Å². The summed E-state index contributed by atoms with van der Waals surface area (Å²) in [5.74, 6) is -2.29. The fraction of sp³-hybridized carbons (Fsp3) is 0.500. The van der Waals surface area contributed by atoms with Crippen molar-refractivity contribution in [2.75, 3.05) is 0 Å². The number of unbranched alkanes of at least 4 members (excludes halogenated alkanes) is 4. The van der Waals surface area contributed by atoms with Gasteiger partial charge in [-0.3, -0.25) is 9.59 Å². The third-order valence-corrected chi connectivity index (χ3v) is 3.05. The molecule has 0 N–H and O–H groups in total. The minimum absolute atomic E-state index is 0.213. The molecule has 0 bridgehead atoms. The smallest absolute Gasteiger partial charge is 0.338 e. The zero-order valence-corrected chi connectivity index (χ0v) is 12.6. The summed E-state index contributed by atoms with van der Waals surface area (Å²) in [4.78, 5) is 41.7. The average molecular weight is 308 g/mol. The SMILES string of the molecule is CCCCCCC=CC1CC(=O)OC1=O.O=C1C=CC(=O)O1. The minimum atomic E-state index is -0.579. The van der Waals surface area contributed by atoms with Crippen molar-refractivity contribution in [3.63, 3.8) is 0 Å². The molecule has 0 aromatic rings. The summed E-state index contributed by atoms with van der Waals surface area (Å²) in [6.45, 7) is 2.18. The van der Waals surface area contributed by atoms with Crippen molar-refractivity contribution in [2.45, 2.75) is 45.4 Å².